The molecule has 0 unspecified atom stereocenters. The second-order valence-corrected chi connectivity index (χ2v) is 5.36. The van der Waals surface area contributed by atoms with Crippen LogP contribution < -0.4 is 10.5 Å². The quantitative estimate of drug-likeness (QED) is 0.582. The highest BCUT2D eigenvalue weighted by molar-refractivity contribution is 7.90. The summed E-state index contributed by atoms with van der Waals surface area (Å²) < 4.78 is 29.8. The lowest BCUT2D eigenvalue weighted by Gasteiger charge is -2.06. The van der Waals surface area contributed by atoms with Crippen molar-refractivity contribution in [3.05, 3.63) is 24.3 Å². The van der Waals surface area contributed by atoms with Crippen LogP contribution >= 0.6 is 0 Å². The molecule has 1 amide bonds. The van der Waals surface area contributed by atoms with E-state index in [0.29, 0.717) is 5.69 Å². The number of hydrogen-bond acceptors (Lipinski definition) is 6. The normalized spacial score (nSPS) is 10.8. The number of amides is 1. The van der Waals surface area contributed by atoms with E-state index in [-0.39, 0.29) is 17.7 Å². The second-order valence-electron chi connectivity index (χ2n) is 3.67. The lowest BCUT2D eigenvalue weighted by atomic mass is 10.3. The van der Waals surface area contributed by atoms with Crippen LogP contribution in [0, 0.1) is 0 Å². The first-order valence-corrected chi connectivity index (χ1v) is 6.81. The van der Waals surface area contributed by atoms with E-state index in [2.05, 4.69) is 4.74 Å². The maximum absolute atomic E-state index is 11.8. The van der Waals surface area contributed by atoms with Gasteiger partial charge in [-0.2, -0.15) is 0 Å². The number of anilines is 1. The molecule has 0 atom stereocenters. The van der Waals surface area contributed by atoms with Gasteiger partial charge in [-0.3, -0.25) is 9.59 Å². The van der Waals surface area contributed by atoms with Gasteiger partial charge >= 0.3 is 5.97 Å². The van der Waals surface area contributed by atoms with E-state index in [1.165, 1.54) is 31.4 Å². The summed E-state index contributed by atoms with van der Waals surface area (Å²) in [4.78, 5) is 22.1. The molecule has 19 heavy (non-hydrogen) atoms. The van der Waals surface area contributed by atoms with E-state index in [0.717, 1.165) is 0 Å². The van der Waals surface area contributed by atoms with Crippen LogP contribution in [0.5, 0.6) is 0 Å². The van der Waals surface area contributed by atoms with Gasteiger partial charge in [0.1, 0.15) is 0 Å². The van der Waals surface area contributed by atoms with Crippen molar-refractivity contribution in [2.24, 2.45) is 0 Å². The van der Waals surface area contributed by atoms with Gasteiger partial charge in [-0.15, -0.1) is 0 Å². The minimum atomic E-state index is -3.94. The second kappa shape index (κ2) is 6.19. The summed E-state index contributed by atoms with van der Waals surface area (Å²) in [5.74, 6) is -1.36. The number of carbonyl (C=O) groups is 2. The van der Waals surface area contributed by atoms with Crippen molar-refractivity contribution in [1.29, 1.82) is 0 Å². The fraction of sp³-hybridized carbons (Fsp3) is 0.273. The summed E-state index contributed by atoms with van der Waals surface area (Å²) in [6.07, 6.45) is -0.444. The zero-order valence-corrected chi connectivity index (χ0v) is 11.1. The highest BCUT2D eigenvalue weighted by atomic mass is 32.2. The van der Waals surface area contributed by atoms with Crippen LogP contribution in [-0.4, -0.2) is 27.4 Å². The van der Waals surface area contributed by atoms with Crippen molar-refractivity contribution < 1.29 is 22.7 Å². The van der Waals surface area contributed by atoms with Crippen LogP contribution in [0.15, 0.2) is 29.2 Å². The van der Waals surface area contributed by atoms with Crippen molar-refractivity contribution in [3.63, 3.8) is 0 Å². The molecule has 0 saturated carbocycles. The third-order valence-electron chi connectivity index (χ3n) is 2.22. The monoisotopic (exact) mass is 286 g/mol. The number of nitrogen functional groups attached to an aromatic ring is 1. The van der Waals surface area contributed by atoms with Crippen molar-refractivity contribution in [3.8, 4) is 0 Å². The van der Waals surface area contributed by atoms with Crippen molar-refractivity contribution >= 4 is 27.6 Å². The molecule has 0 aliphatic heterocycles. The van der Waals surface area contributed by atoms with Gasteiger partial charge in [0.2, 0.25) is 5.91 Å². The Morgan fingerprint density at radius 1 is 1.21 bits per heavy atom. The van der Waals surface area contributed by atoms with Gasteiger partial charge in [0.15, 0.2) is 0 Å². The third kappa shape index (κ3) is 4.59. The summed E-state index contributed by atoms with van der Waals surface area (Å²) in [5, 5.41) is 0. The first-order chi connectivity index (χ1) is 8.85. The molecule has 1 aromatic rings. The number of methoxy groups -OCH3 is 1. The average Bonchev–Trinajstić information content (AvgIpc) is 2.36. The van der Waals surface area contributed by atoms with Crippen LogP contribution in [0.25, 0.3) is 0 Å². The van der Waals surface area contributed by atoms with Gasteiger partial charge < -0.3 is 10.5 Å². The number of sulfonamides is 1. The predicted octanol–water partition coefficient (Wildman–Crippen LogP) is 0.0269. The number of carbonyl (C=O) groups excluding carboxylic acids is 2. The molecule has 7 nitrogen and oxygen atoms in total. The fourth-order valence-electron chi connectivity index (χ4n) is 1.22. The van der Waals surface area contributed by atoms with Crippen LogP contribution in [0.4, 0.5) is 5.69 Å². The number of benzene rings is 1. The predicted molar refractivity (Wildman–Crippen MR) is 67.4 cm³/mol. The highest BCUT2D eigenvalue weighted by Gasteiger charge is 2.18. The van der Waals surface area contributed by atoms with E-state index in [4.69, 9.17) is 5.73 Å². The molecule has 0 aliphatic rings. The summed E-state index contributed by atoms with van der Waals surface area (Å²) in [7, 11) is -2.75. The topological polar surface area (TPSA) is 116 Å². The molecular formula is C11H14N2O5S. The molecule has 8 heteroatoms. The molecule has 3 N–H and O–H groups in total. The molecular weight excluding hydrogens is 272 g/mol. The van der Waals surface area contributed by atoms with Crippen LogP contribution in [0.3, 0.4) is 0 Å². The summed E-state index contributed by atoms with van der Waals surface area (Å²) in [5.41, 5.74) is 5.85. The van der Waals surface area contributed by atoms with E-state index in [1.54, 1.807) is 0 Å². The molecule has 104 valence electrons. The number of nitrogens with one attached hydrogen (secondary N) is 1. The Kier molecular flexibility index (Phi) is 4.87. The SMILES string of the molecule is COC(=O)CCC(=O)NS(=O)(=O)c1ccc(N)cc1. The number of rotatable bonds is 5. The van der Waals surface area contributed by atoms with Crippen LogP contribution in [-0.2, 0) is 24.3 Å². The third-order valence-corrected chi connectivity index (χ3v) is 3.61. The fourth-order valence-corrected chi connectivity index (χ4v) is 2.24. The van der Waals surface area contributed by atoms with E-state index in [1.807, 2.05) is 4.72 Å². The highest BCUT2D eigenvalue weighted by Crippen LogP contribution is 2.11. The molecule has 1 aromatic carbocycles. The maximum Gasteiger partial charge on any atom is 0.306 e. The lowest BCUT2D eigenvalue weighted by Crippen LogP contribution is -2.30. The van der Waals surface area contributed by atoms with Gasteiger partial charge in [-0.1, -0.05) is 0 Å². The molecule has 0 heterocycles. The Morgan fingerprint density at radius 2 is 1.79 bits per heavy atom. The van der Waals surface area contributed by atoms with Crippen molar-refractivity contribution in [2.75, 3.05) is 12.8 Å². The molecule has 0 bridgehead atoms. The van der Waals surface area contributed by atoms with Gasteiger partial charge in [0, 0.05) is 12.1 Å². The minimum absolute atomic E-state index is 0.0758. The Morgan fingerprint density at radius 3 is 2.32 bits per heavy atom. The van der Waals surface area contributed by atoms with E-state index >= 15 is 0 Å². The van der Waals surface area contributed by atoms with Gasteiger partial charge in [0.05, 0.1) is 18.4 Å². The molecule has 0 fully saturated rings. The first-order valence-electron chi connectivity index (χ1n) is 5.33. The average molecular weight is 286 g/mol. The Bertz CT molecular complexity index is 565. The van der Waals surface area contributed by atoms with E-state index in [9.17, 15) is 18.0 Å². The summed E-state index contributed by atoms with van der Waals surface area (Å²) in [6.45, 7) is 0. The Hall–Kier alpha value is -2.09. The number of ether oxygens (including phenoxy) is 1. The maximum atomic E-state index is 11.8. The zero-order chi connectivity index (χ0) is 14.5. The molecule has 0 aliphatic carbocycles. The van der Waals surface area contributed by atoms with Gasteiger partial charge in [-0.05, 0) is 24.3 Å². The molecule has 0 spiro atoms. The molecule has 1 rings (SSSR count). The molecule has 0 saturated heterocycles. The number of esters is 1. The summed E-state index contributed by atoms with van der Waals surface area (Å²) >= 11 is 0. The molecule has 0 aromatic heterocycles. The van der Waals surface area contributed by atoms with Gasteiger partial charge in [0.25, 0.3) is 10.0 Å². The van der Waals surface area contributed by atoms with E-state index < -0.39 is 21.9 Å². The van der Waals surface area contributed by atoms with Crippen LogP contribution in [0.1, 0.15) is 12.8 Å². The van der Waals surface area contributed by atoms with Crippen molar-refractivity contribution in [1.82, 2.24) is 4.72 Å². The first kappa shape index (κ1) is 15.0. The summed E-state index contributed by atoms with van der Waals surface area (Å²) in [6, 6.07) is 5.39. The molecule has 0 radical (unpaired) electrons. The Balaban J connectivity index is 2.67. The largest absolute Gasteiger partial charge is 0.469 e. The minimum Gasteiger partial charge on any atom is -0.469 e. The lowest BCUT2D eigenvalue weighted by molar-refractivity contribution is -0.142. The smallest absolute Gasteiger partial charge is 0.306 e. The standard InChI is InChI=1S/C11H14N2O5S/c1-18-11(15)7-6-10(14)13-19(16,17)9-4-2-8(12)3-5-9/h2-5H,6-7,12H2,1H3,(H,13,14). The van der Waals surface area contributed by atoms with Crippen molar-refractivity contribution in [2.45, 2.75) is 17.7 Å². The number of nitrogens with two attached hydrogens (primary N) is 1. The zero-order valence-electron chi connectivity index (χ0n) is 10.3. The van der Waals surface area contributed by atoms with Gasteiger partial charge in [-0.25, -0.2) is 13.1 Å². The Labute approximate surface area is 110 Å². The number of hydrogen-bond donors (Lipinski definition) is 2. The van der Waals surface area contributed by atoms with Crippen LogP contribution in [0.2, 0.25) is 0 Å².